The van der Waals surface area contributed by atoms with Gasteiger partial charge in [0.1, 0.15) is 18.3 Å². The first-order chi connectivity index (χ1) is 19.3. The molecule has 0 aromatic carbocycles. The summed E-state index contributed by atoms with van der Waals surface area (Å²) in [6.07, 6.45) is 8.91. The Morgan fingerprint density at radius 1 is 0.976 bits per heavy atom. The number of esters is 1. The Hall–Kier alpha value is -1.81. The second kappa shape index (κ2) is 16.7. The van der Waals surface area contributed by atoms with Gasteiger partial charge in [0.15, 0.2) is 0 Å². The highest BCUT2D eigenvalue weighted by Gasteiger charge is 2.49. The van der Waals surface area contributed by atoms with Crippen molar-refractivity contribution in [3.8, 4) is 0 Å². The average molecular weight is 579 g/mol. The quantitative estimate of drug-likeness (QED) is 0.236. The normalized spacial score (nSPS) is 36.7. The van der Waals surface area contributed by atoms with E-state index in [1.807, 2.05) is 71.9 Å². The molecule has 0 bridgehead atoms. The Morgan fingerprint density at radius 2 is 1.61 bits per heavy atom. The highest BCUT2D eigenvalue weighted by Crippen LogP contribution is 2.34. The highest BCUT2D eigenvalue weighted by atomic mass is 16.6. The van der Waals surface area contributed by atoms with Crippen molar-refractivity contribution < 1.29 is 39.4 Å². The number of rotatable bonds is 9. The van der Waals surface area contributed by atoms with Gasteiger partial charge in [0.2, 0.25) is 0 Å². The zero-order valence-electron chi connectivity index (χ0n) is 26.1. The van der Waals surface area contributed by atoms with E-state index in [-0.39, 0.29) is 29.8 Å². The molecule has 0 aromatic rings. The van der Waals surface area contributed by atoms with Gasteiger partial charge < -0.3 is 34.6 Å². The van der Waals surface area contributed by atoms with E-state index in [1.165, 1.54) is 0 Å². The molecule has 2 heterocycles. The molecule has 0 amide bonds. The number of cyclic esters (lactones) is 1. The van der Waals surface area contributed by atoms with Crippen LogP contribution in [0.3, 0.4) is 0 Å². The summed E-state index contributed by atoms with van der Waals surface area (Å²) in [4.78, 5) is 13.1. The van der Waals surface area contributed by atoms with E-state index in [2.05, 4.69) is 0 Å². The molecule has 5 unspecified atom stereocenters. The maximum atomic E-state index is 13.1. The van der Waals surface area contributed by atoms with Crippen molar-refractivity contribution in [2.75, 3.05) is 7.11 Å². The third kappa shape index (κ3) is 10.8. The van der Waals surface area contributed by atoms with Gasteiger partial charge in [-0.1, -0.05) is 63.6 Å². The molecule has 0 radical (unpaired) electrons. The summed E-state index contributed by atoms with van der Waals surface area (Å²) in [6.45, 7) is 13.1. The van der Waals surface area contributed by atoms with Gasteiger partial charge in [-0.3, -0.25) is 0 Å². The third-order valence-corrected chi connectivity index (χ3v) is 8.84. The van der Waals surface area contributed by atoms with Crippen LogP contribution >= 0.6 is 0 Å². The fraction of sp³-hybridized carbons (Fsp3) is 0.727. The van der Waals surface area contributed by atoms with Gasteiger partial charge in [-0.2, -0.15) is 0 Å². The van der Waals surface area contributed by atoms with Gasteiger partial charge in [-0.05, 0) is 52.0 Å². The number of hydrogen-bond acceptors (Lipinski definition) is 8. The van der Waals surface area contributed by atoms with E-state index in [0.717, 1.165) is 5.57 Å². The molecule has 0 aromatic heterocycles. The molecule has 12 atom stereocenters. The fourth-order valence-corrected chi connectivity index (χ4v) is 5.41. The van der Waals surface area contributed by atoms with E-state index in [4.69, 9.17) is 14.2 Å². The number of aliphatic hydroxyl groups is 4. The minimum atomic E-state index is -0.760. The van der Waals surface area contributed by atoms with Gasteiger partial charge in [-0.15, -0.1) is 0 Å². The standard InChI is InChI=1S/C33H54O8/c1-19-17-21(3)29(36)32-31(41-32)27(35)13-11-9-10-12-14-28(40-33(38)22(4)18-19)20(2)15-16-26(34)24(6)30(37)23(5)25(7)39-8/h9-12,17-18,20-21,23-32,34-37H,13-16H2,1-8H3/b11-9+,12-10+,19-17+,22-18+/t20-,21+,23?,24?,25?,26?,27+,28-,29+,30?,31-,32+/m0/s1. The maximum absolute atomic E-state index is 13.1. The molecule has 234 valence electrons. The number of aliphatic hydroxyl groups excluding tert-OH is 4. The van der Waals surface area contributed by atoms with Crippen molar-refractivity contribution in [2.24, 2.45) is 23.7 Å². The Bertz CT molecular complexity index is 940. The van der Waals surface area contributed by atoms with Crippen LogP contribution in [0.25, 0.3) is 0 Å². The number of carbonyl (C=O) groups is 1. The fourth-order valence-electron chi connectivity index (χ4n) is 5.41. The van der Waals surface area contributed by atoms with Gasteiger partial charge in [0.05, 0.1) is 30.5 Å². The van der Waals surface area contributed by atoms with E-state index in [9.17, 15) is 25.2 Å². The molecule has 1 saturated heterocycles. The van der Waals surface area contributed by atoms with Crippen molar-refractivity contribution >= 4 is 5.97 Å². The second-order valence-electron chi connectivity index (χ2n) is 12.3. The van der Waals surface area contributed by atoms with Crippen molar-refractivity contribution in [3.63, 3.8) is 0 Å². The maximum Gasteiger partial charge on any atom is 0.334 e. The Labute approximate surface area is 246 Å². The summed E-state index contributed by atoms with van der Waals surface area (Å²) >= 11 is 0. The number of epoxide rings is 1. The minimum Gasteiger partial charge on any atom is -0.458 e. The van der Waals surface area contributed by atoms with Crippen LogP contribution in [0, 0.1) is 23.7 Å². The molecule has 2 rings (SSSR count). The van der Waals surface area contributed by atoms with Crippen LogP contribution in [0.15, 0.2) is 47.6 Å². The number of hydrogen-bond donors (Lipinski definition) is 4. The van der Waals surface area contributed by atoms with Gasteiger partial charge in [0, 0.05) is 36.9 Å². The van der Waals surface area contributed by atoms with Crippen LogP contribution in [0.2, 0.25) is 0 Å². The summed E-state index contributed by atoms with van der Waals surface area (Å²) in [5, 5.41) is 42.7. The van der Waals surface area contributed by atoms with Crippen molar-refractivity contribution in [2.45, 2.75) is 123 Å². The number of fused-ring (bicyclic) bond motifs is 1. The highest BCUT2D eigenvalue weighted by molar-refractivity contribution is 5.88. The lowest BCUT2D eigenvalue weighted by molar-refractivity contribution is -0.146. The number of ether oxygens (including phenoxy) is 3. The van der Waals surface area contributed by atoms with Gasteiger partial charge >= 0.3 is 5.97 Å². The lowest BCUT2D eigenvalue weighted by atomic mass is 9.83. The monoisotopic (exact) mass is 578 g/mol. The lowest BCUT2D eigenvalue weighted by Gasteiger charge is -2.32. The van der Waals surface area contributed by atoms with Crippen molar-refractivity contribution in [3.05, 3.63) is 47.6 Å². The third-order valence-electron chi connectivity index (χ3n) is 8.84. The topological polar surface area (TPSA) is 129 Å². The van der Waals surface area contributed by atoms with Gasteiger partial charge in [0.25, 0.3) is 0 Å². The molecule has 1 fully saturated rings. The summed E-state index contributed by atoms with van der Waals surface area (Å²) < 4.78 is 16.9. The molecule has 2 aliphatic heterocycles. The van der Waals surface area contributed by atoms with Gasteiger partial charge in [-0.25, -0.2) is 4.79 Å². The molecule has 8 heteroatoms. The predicted molar refractivity (Wildman–Crippen MR) is 160 cm³/mol. The molecule has 4 N–H and O–H groups in total. The largest absolute Gasteiger partial charge is 0.458 e. The average Bonchev–Trinajstić information content (AvgIpc) is 3.74. The molecule has 8 nitrogen and oxygen atoms in total. The van der Waals surface area contributed by atoms with Crippen LogP contribution in [0.5, 0.6) is 0 Å². The SMILES string of the molecule is COC(C)C(C)C(O)C(C)C(O)CC[C@H](C)[C@@H]1C/C=C/C=C/C[C@@H](O)[C@@H]2O[C@@H]2[C@H](O)[C@H](C)/C=C(C)/C=C(\C)C(=O)O1. The first kappa shape index (κ1) is 35.4. The zero-order valence-corrected chi connectivity index (χ0v) is 26.1. The Balaban J connectivity index is 2.14. The number of methoxy groups -OCH3 is 1. The first-order valence-corrected chi connectivity index (χ1v) is 15.1. The number of allylic oxidation sites excluding steroid dienone is 4. The minimum absolute atomic E-state index is 0.0436. The van der Waals surface area contributed by atoms with Crippen LogP contribution in [0.4, 0.5) is 0 Å². The molecule has 0 spiro atoms. The van der Waals surface area contributed by atoms with Crippen molar-refractivity contribution in [1.82, 2.24) is 0 Å². The molecular weight excluding hydrogens is 524 g/mol. The molecule has 0 saturated carbocycles. The number of carbonyl (C=O) groups excluding carboxylic acids is 1. The van der Waals surface area contributed by atoms with E-state index >= 15 is 0 Å². The van der Waals surface area contributed by atoms with Crippen LogP contribution in [-0.4, -0.2) is 82.3 Å². The van der Waals surface area contributed by atoms with E-state index in [1.54, 1.807) is 20.1 Å². The summed E-state index contributed by atoms with van der Waals surface area (Å²) in [5.74, 6) is -1.14. The summed E-state index contributed by atoms with van der Waals surface area (Å²) in [6, 6.07) is 0. The molecule has 2 aliphatic rings. The van der Waals surface area contributed by atoms with Crippen LogP contribution in [-0.2, 0) is 19.0 Å². The second-order valence-corrected chi connectivity index (χ2v) is 12.3. The summed E-state index contributed by atoms with van der Waals surface area (Å²) in [7, 11) is 1.61. The predicted octanol–water partition coefficient (Wildman–Crippen LogP) is 4.27. The Kier molecular flexibility index (Phi) is 14.4. The van der Waals surface area contributed by atoms with Crippen molar-refractivity contribution in [1.29, 1.82) is 0 Å². The molecular formula is C33H54O8. The molecule has 0 aliphatic carbocycles. The Morgan fingerprint density at radius 3 is 2.24 bits per heavy atom. The van der Waals surface area contributed by atoms with Crippen LogP contribution < -0.4 is 0 Å². The lowest BCUT2D eigenvalue weighted by Crippen LogP contribution is -2.39. The van der Waals surface area contributed by atoms with E-state index in [0.29, 0.717) is 31.3 Å². The van der Waals surface area contributed by atoms with E-state index < -0.39 is 48.7 Å². The molecule has 41 heavy (non-hydrogen) atoms. The summed E-state index contributed by atoms with van der Waals surface area (Å²) in [5.41, 5.74) is 1.28. The first-order valence-electron chi connectivity index (χ1n) is 15.1. The smallest absolute Gasteiger partial charge is 0.334 e. The zero-order chi connectivity index (χ0) is 30.9. The van der Waals surface area contributed by atoms with Crippen LogP contribution in [0.1, 0.15) is 74.1 Å².